The van der Waals surface area contributed by atoms with Gasteiger partial charge in [0, 0.05) is 25.7 Å². The summed E-state index contributed by atoms with van der Waals surface area (Å²) in [6.07, 6.45) is 3.46. The minimum Gasteiger partial charge on any atom is -0.340 e. The summed E-state index contributed by atoms with van der Waals surface area (Å²) in [5.41, 5.74) is 0. The Morgan fingerprint density at radius 2 is 1.95 bits per heavy atom. The molecular weight excluding hydrogens is 252 g/mol. The topological polar surface area (TPSA) is 38.8 Å². The van der Waals surface area contributed by atoms with Crippen LogP contribution in [0.5, 0.6) is 0 Å². The van der Waals surface area contributed by atoms with E-state index in [9.17, 15) is 4.79 Å². The van der Waals surface area contributed by atoms with Gasteiger partial charge in [-0.05, 0) is 52.5 Å². The Hall–Kier alpha value is -0.650. The van der Waals surface area contributed by atoms with Gasteiger partial charge in [-0.15, -0.1) is 0 Å². The standard InChI is InChI=1S/C15H30N4O/c1-3-18-10-5-14(6-11-18)17(2)13-15(20)19-9-4-7-16-8-12-19/h14,16H,3-13H2,1-2H3. The average Bonchev–Trinajstić information content (AvgIpc) is 2.76. The van der Waals surface area contributed by atoms with Gasteiger partial charge in [0.15, 0.2) is 0 Å². The van der Waals surface area contributed by atoms with Crippen molar-refractivity contribution in [3.63, 3.8) is 0 Å². The van der Waals surface area contributed by atoms with Crippen LogP contribution >= 0.6 is 0 Å². The van der Waals surface area contributed by atoms with Crippen LogP contribution < -0.4 is 5.32 Å². The summed E-state index contributed by atoms with van der Waals surface area (Å²) in [4.78, 5) is 19.2. The van der Waals surface area contributed by atoms with E-state index in [-0.39, 0.29) is 0 Å². The lowest BCUT2D eigenvalue weighted by molar-refractivity contribution is -0.132. The fourth-order valence-electron chi connectivity index (χ4n) is 3.21. The molecule has 1 amide bonds. The molecule has 2 fully saturated rings. The lowest BCUT2D eigenvalue weighted by Gasteiger charge is -2.36. The third-order valence-electron chi connectivity index (χ3n) is 4.71. The van der Waals surface area contributed by atoms with Crippen molar-refractivity contribution in [2.45, 2.75) is 32.2 Å². The second kappa shape index (κ2) is 7.96. The minimum absolute atomic E-state index is 0.300. The zero-order chi connectivity index (χ0) is 14.4. The number of piperidine rings is 1. The molecule has 0 aromatic rings. The van der Waals surface area contributed by atoms with Gasteiger partial charge < -0.3 is 15.1 Å². The summed E-state index contributed by atoms with van der Waals surface area (Å²) in [7, 11) is 2.11. The van der Waals surface area contributed by atoms with Gasteiger partial charge in [-0.2, -0.15) is 0 Å². The summed E-state index contributed by atoms with van der Waals surface area (Å²) in [5.74, 6) is 0.300. The molecule has 0 radical (unpaired) electrons. The number of hydrogen-bond acceptors (Lipinski definition) is 4. The maximum Gasteiger partial charge on any atom is 0.236 e. The number of likely N-dealkylation sites (N-methyl/N-ethyl adjacent to an activating group) is 1. The largest absolute Gasteiger partial charge is 0.340 e. The molecule has 0 saturated carbocycles. The summed E-state index contributed by atoms with van der Waals surface area (Å²) in [6, 6.07) is 0.576. The van der Waals surface area contributed by atoms with E-state index in [0.717, 1.165) is 39.1 Å². The first kappa shape index (κ1) is 15.7. The molecule has 0 unspecified atom stereocenters. The molecule has 116 valence electrons. The van der Waals surface area contributed by atoms with Crippen molar-refractivity contribution in [2.75, 3.05) is 59.4 Å². The number of carbonyl (C=O) groups excluding carboxylic acids is 1. The monoisotopic (exact) mass is 282 g/mol. The SMILES string of the molecule is CCN1CCC(N(C)CC(=O)N2CCCNCC2)CC1. The normalized spacial score (nSPS) is 23.1. The van der Waals surface area contributed by atoms with Crippen molar-refractivity contribution in [3.8, 4) is 0 Å². The van der Waals surface area contributed by atoms with Crippen LogP contribution in [0.25, 0.3) is 0 Å². The van der Waals surface area contributed by atoms with Gasteiger partial charge in [0.05, 0.1) is 6.54 Å². The molecule has 0 bridgehead atoms. The van der Waals surface area contributed by atoms with Gasteiger partial charge in [-0.25, -0.2) is 0 Å². The number of likely N-dealkylation sites (tertiary alicyclic amines) is 1. The van der Waals surface area contributed by atoms with Crippen LogP contribution in [0.1, 0.15) is 26.2 Å². The third kappa shape index (κ3) is 4.43. The summed E-state index contributed by atoms with van der Waals surface area (Å²) < 4.78 is 0. The van der Waals surface area contributed by atoms with Gasteiger partial charge in [-0.3, -0.25) is 9.69 Å². The van der Waals surface area contributed by atoms with E-state index in [4.69, 9.17) is 0 Å². The van der Waals surface area contributed by atoms with Crippen molar-refractivity contribution in [1.29, 1.82) is 0 Å². The fourth-order valence-corrected chi connectivity index (χ4v) is 3.21. The van der Waals surface area contributed by atoms with Gasteiger partial charge in [0.25, 0.3) is 0 Å². The molecule has 0 spiro atoms. The fraction of sp³-hybridized carbons (Fsp3) is 0.933. The van der Waals surface area contributed by atoms with E-state index in [0.29, 0.717) is 18.5 Å². The third-order valence-corrected chi connectivity index (χ3v) is 4.71. The summed E-state index contributed by atoms with van der Waals surface area (Å²) in [6.45, 7) is 10.0. The van der Waals surface area contributed by atoms with E-state index in [1.807, 2.05) is 4.90 Å². The Bertz CT molecular complexity index is 294. The highest BCUT2D eigenvalue weighted by molar-refractivity contribution is 5.78. The minimum atomic E-state index is 0.300. The Morgan fingerprint density at radius 3 is 2.65 bits per heavy atom. The quantitative estimate of drug-likeness (QED) is 0.801. The van der Waals surface area contributed by atoms with Gasteiger partial charge in [0.1, 0.15) is 0 Å². The van der Waals surface area contributed by atoms with Crippen LogP contribution in [0.4, 0.5) is 0 Å². The number of nitrogens with zero attached hydrogens (tertiary/aromatic N) is 3. The zero-order valence-corrected chi connectivity index (χ0v) is 13.1. The predicted molar refractivity (Wildman–Crippen MR) is 81.8 cm³/mol. The maximum atomic E-state index is 12.4. The predicted octanol–water partition coefficient (Wildman–Crippen LogP) is 0.224. The summed E-state index contributed by atoms with van der Waals surface area (Å²) in [5, 5.41) is 3.35. The van der Waals surface area contributed by atoms with E-state index in [2.05, 4.69) is 29.1 Å². The lowest BCUT2D eigenvalue weighted by atomic mass is 10.0. The first-order valence-electron chi connectivity index (χ1n) is 8.11. The molecule has 5 nitrogen and oxygen atoms in total. The van der Waals surface area contributed by atoms with Crippen molar-refractivity contribution in [1.82, 2.24) is 20.0 Å². The molecule has 2 aliphatic heterocycles. The molecule has 2 rings (SSSR count). The highest BCUT2D eigenvalue weighted by atomic mass is 16.2. The van der Waals surface area contributed by atoms with Crippen LogP contribution in [0.15, 0.2) is 0 Å². The molecule has 2 aliphatic rings. The molecule has 0 aromatic carbocycles. The molecular formula is C15H30N4O. The Balaban J connectivity index is 1.75. The van der Waals surface area contributed by atoms with Gasteiger partial charge in [0.2, 0.25) is 5.91 Å². The number of rotatable bonds is 4. The van der Waals surface area contributed by atoms with Crippen LogP contribution in [0, 0.1) is 0 Å². The van der Waals surface area contributed by atoms with E-state index in [1.165, 1.54) is 25.9 Å². The Kier molecular flexibility index (Phi) is 6.26. The molecule has 20 heavy (non-hydrogen) atoms. The molecule has 0 aliphatic carbocycles. The summed E-state index contributed by atoms with van der Waals surface area (Å²) >= 11 is 0. The molecule has 2 saturated heterocycles. The molecule has 0 atom stereocenters. The maximum absolute atomic E-state index is 12.4. The highest BCUT2D eigenvalue weighted by Crippen LogP contribution is 2.15. The van der Waals surface area contributed by atoms with Crippen molar-refractivity contribution >= 4 is 5.91 Å². The second-order valence-electron chi connectivity index (χ2n) is 6.06. The first-order chi connectivity index (χ1) is 9.70. The van der Waals surface area contributed by atoms with Crippen LogP contribution in [-0.2, 0) is 4.79 Å². The smallest absolute Gasteiger partial charge is 0.236 e. The number of nitrogens with one attached hydrogen (secondary N) is 1. The molecule has 1 N–H and O–H groups in total. The number of hydrogen-bond donors (Lipinski definition) is 1. The lowest BCUT2D eigenvalue weighted by Crippen LogP contribution is -2.47. The van der Waals surface area contributed by atoms with Crippen LogP contribution in [0.3, 0.4) is 0 Å². The van der Waals surface area contributed by atoms with Crippen LogP contribution in [-0.4, -0.2) is 86.1 Å². The van der Waals surface area contributed by atoms with E-state index in [1.54, 1.807) is 0 Å². The van der Waals surface area contributed by atoms with Crippen molar-refractivity contribution in [3.05, 3.63) is 0 Å². The average molecular weight is 282 g/mol. The van der Waals surface area contributed by atoms with Gasteiger partial charge in [-0.1, -0.05) is 6.92 Å². The number of amides is 1. The van der Waals surface area contributed by atoms with Gasteiger partial charge >= 0.3 is 0 Å². The highest BCUT2D eigenvalue weighted by Gasteiger charge is 2.24. The molecule has 2 heterocycles. The van der Waals surface area contributed by atoms with Crippen LogP contribution in [0.2, 0.25) is 0 Å². The van der Waals surface area contributed by atoms with Crippen molar-refractivity contribution in [2.24, 2.45) is 0 Å². The first-order valence-corrected chi connectivity index (χ1v) is 8.11. The molecule has 5 heteroatoms. The van der Waals surface area contributed by atoms with Crippen molar-refractivity contribution < 1.29 is 4.79 Å². The Labute approximate surface area is 123 Å². The van der Waals surface area contributed by atoms with E-state index >= 15 is 0 Å². The zero-order valence-electron chi connectivity index (χ0n) is 13.1. The second-order valence-corrected chi connectivity index (χ2v) is 6.06. The molecule has 0 aromatic heterocycles. The Morgan fingerprint density at radius 1 is 1.20 bits per heavy atom. The number of carbonyl (C=O) groups is 1. The van der Waals surface area contributed by atoms with E-state index < -0.39 is 0 Å².